The Hall–Kier alpha value is -2.20. The number of hydrogen-bond acceptors (Lipinski definition) is 3. The molecule has 2 heterocycles. The van der Waals surface area contributed by atoms with Crippen LogP contribution in [0.15, 0.2) is 48.7 Å². The Labute approximate surface area is 129 Å². The van der Waals surface area contributed by atoms with Crippen LogP contribution in [0, 0.1) is 0 Å². The lowest BCUT2D eigenvalue weighted by molar-refractivity contribution is 0.0164. The molecule has 0 bridgehead atoms. The lowest BCUT2D eigenvalue weighted by Crippen LogP contribution is -2.43. The molecule has 4 heteroatoms. The zero-order valence-corrected chi connectivity index (χ0v) is 12.6. The molecule has 1 aliphatic rings. The summed E-state index contributed by atoms with van der Waals surface area (Å²) < 4.78 is 2.13. The Kier molecular flexibility index (Phi) is 3.01. The molecule has 1 fully saturated rings. The van der Waals surface area contributed by atoms with Gasteiger partial charge in [0.1, 0.15) is 11.9 Å². The fourth-order valence-corrected chi connectivity index (χ4v) is 3.59. The Morgan fingerprint density at radius 2 is 1.91 bits per heavy atom. The number of aliphatic hydroxyl groups excluding tert-OH is 1. The molecule has 1 atom stereocenters. The first-order chi connectivity index (χ1) is 10.7. The third-order valence-electron chi connectivity index (χ3n) is 4.97. The first-order valence-electron chi connectivity index (χ1n) is 7.73. The van der Waals surface area contributed by atoms with E-state index >= 15 is 0 Å². The Morgan fingerprint density at radius 3 is 2.55 bits per heavy atom. The molecule has 1 saturated carbocycles. The van der Waals surface area contributed by atoms with E-state index in [-0.39, 0.29) is 5.41 Å². The van der Waals surface area contributed by atoms with Crippen LogP contribution in [-0.4, -0.2) is 19.6 Å². The van der Waals surface area contributed by atoms with Gasteiger partial charge in [-0.2, -0.15) is 0 Å². The summed E-state index contributed by atoms with van der Waals surface area (Å²) in [7, 11) is 2.04. The van der Waals surface area contributed by atoms with Crippen LogP contribution in [0.3, 0.4) is 0 Å². The molecular weight excluding hydrogens is 274 g/mol. The maximum absolute atomic E-state index is 11.0. The van der Waals surface area contributed by atoms with Gasteiger partial charge < -0.3 is 9.67 Å². The second kappa shape index (κ2) is 4.92. The fourth-order valence-electron chi connectivity index (χ4n) is 3.59. The largest absolute Gasteiger partial charge is 0.386 e. The van der Waals surface area contributed by atoms with Crippen molar-refractivity contribution in [2.45, 2.75) is 30.8 Å². The van der Waals surface area contributed by atoms with Gasteiger partial charge in [-0.1, -0.05) is 24.6 Å². The highest BCUT2D eigenvalue weighted by Gasteiger charge is 2.49. The highest BCUT2D eigenvalue weighted by Crippen LogP contribution is 2.51. The van der Waals surface area contributed by atoms with Crippen molar-refractivity contribution in [3.8, 4) is 0 Å². The second-order valence-corrected chi connectivity index (χ2v) is 6.15. The first kappa shape index (κ1) is 13.5. The molecule has 0 radical (unpaired) electrons. The third kappa shape index (κ3) is 1.80. The number of aromatic nitrogens is 3. The van der Waals surface area contributed by atoms with Crippen LogP contribution in [0.5, 0.6) is 0 Å². The zero-order valence-electron chi connectivity index (χ0n) is 12.6. The highest BCUT2D eigenvalue weighted by atomic mass is 16.3. The quantitative estimate of drug-likeness (QED) is 0.807. The molecule has 4 rings (SSSR count). The molecule has 0 amide bonds. The van der Waals surface area contributed by atoms with E-state index in [9.17, 15) is 5.11 Å². The number of benzene rings is 1. The average molecular weight is 293 g/mol. The van der Waals surface area contributed by atoms with Gasteiger partial charge >= 0.3 is 0 Å². The van der Waals surface area contributed by atoms with Crippen molar-refractivity contribution in [1.29, 1.82) is 0 Å². The normalized spacial score (nSPS) is 18.1. The highest BCUT2D eigenvalue weighted by molar-refractivity contribution is 5.76. The summed E-state index contributed by atoms with van der Waals surface area (Å²) in [5, 5.41) is 11.0. The van der Waals surface area contributed by atoms with Gasteiger partial charge in [-0.3, -0.25) is 4.98 Å². The number of nitrogens with zero attached hydrogens (tertiary/aromatic N) is 3. The maximum Gasteiger partial charge on any atom is 0.118 e. The van der Waals surface area contributed by atoms with Gasteiger partial charge in [-0.15, -0.1) is 0 Å². The summed E-state index contributed by atoms with van der Waals surface area (Å²) in [6.45, 7) is 0. The van der Waals surface area contributed by atoms with Crippen molar-refractivity contribution in [1.82, 2.24) is 14.5 Å². The van der Waals surface area contributed by atoms with E-state index in [1.54, 1.807) is 6.20 Å². The van der Waals surface area contributed by atoms with Gasteiger partial charge in [0.2, 0.25) is 0 Å². The average Bonchev–Trinajstić information content (AvgIpc) is 2.85. The standard InChI is InChI=1S/C18H19N3O/c1-21-15-9-3-2-7-13(15)20-17(21)18(10-6-11-18)16(22)14-8-4-5-12-19-14/h2-5,7-9,12,16,22H,6,10-11H2,1H3. The number of para-hydroxylation sites is 2. The van der Waals surface area contributed by atoms with Gasteiger partial charge in [0.05, 0.1) is 22.1 Å². The molecule has 0 spiro atoms. The monoisotopic (exact) mass is 293 g/mol. The number of imidazole rings is 1. The van der Waals surface area contributed by atoms with Gasteiger partial charge in [-0.05, 0) is 37.1 Å². The van der Waals surface area contributed by atoms with Crippen LogP contribution in [0.2, 0.25) is 0 Å². The van der Waals surface area contributed by atoms with E-state index in [1.165, 1.54) is 0 Å². The molecule has 1 aromatic carbocycles. The molecular formula is C18H19N3O. The molecule has 2 aromatic heterocycles. The van der Waals surface area contributed by atoms with E-state index < -0.39 is 6.10 Å². The number of aryl methyl sites for hydroxylation is 1. The number of hydrogen-bond donors (Lipinski definition) is 1. The predicted molar refractivity (Wildman–Crippen MR) is 85.4 cm³/mol. The number of rotatable bonds is 3. The molecule has 1 unspecified atom stereocenters. The summed E-state index contributed by atoms with van der Waals surface area (Å²) in [5.74, 6) is 0.970. The van der Waals surface area contributed by atoms with Crippen LogP contribution >= 0.6 is 0 Å². The molecule has 22 heavy (non-hydrogen) atoms. The van der Waals surface area contributed by atoms with Gasteiger partial charge in [0, 0.05) is 13.2 Å². The molecule has 0 saturated heterocycles. The maximum atomic E-state index is 11.0. The summed E-state index contributed by atoms with van der Waals surface area (Å²) in [6.07, 6.45) is 4.13. The Bertz CT molecular complexity index is 806. The van der Waals surface area contributed by atoms with E-state index in [4.69, 9.17) is 4.98 Å². The Balaban J connectivity index is 1.85. The predicted octanol–water partition coefficient (Wildman–Crippen LogP) is 3.12. The molecule has 3 aromatic rings. The van der Waals surface area contributed by atoms with Crippen LogP contribution in [0.4, 0.5) is 0 Å². The lowest BCUT2D eigenvalue weighted by atomic mass is 9.63. The SMILES string of the molecule is Cn1c(C2(C(O)c3ccccn3)CCC2)nc2ccccc21. The molecule has 0 aliphatic heterocycles. The van der Waals surface area contributed by atoms with E-state index in [2.05, 4.69) is 15.6 Å². The van der Waals surface area contributed by atoms with E-state index in [0.717, 1.165) is 41.8 Å². The van der Waals surface area contributed by atoms with Crippen molar-refractivity contribution in [2.24, 2.45) is 7.05 Å². The van der Waals surface area contributed by atoms with Crippen molar-refractivity contribution in [2.75, 3.05) is 0 Å². The number of fused-ring (bicyclic) bond motifs is 1. The molecule has 1 aliphatic carbocycles. The van der Waals surface area contributed by atoms with Crippen molar-refractivity contribution in [3.05, 3.63) is 60.2 Å². The number of pyridine rings is 1. The van der Waals surface area contributed by atoms with E-state index in [1.807, 2.05) is 43.4 Å². The molecule has 4 nitrogen and oxygen atoms in total. The van der Waals surface area contributed by atoms with Crippen LogP contribution < -0.4 is 0 Å². The second-order valence-electron chi connectivity index (χ2n) is 6.15. The summed E-state index contributed by atoms with van der Waals surface area (Å²) in [6, 6.07) is 13.8. The van der Waals surface area contributed by atoms with Crippen molar-refractivity contribution >= 4 is 11.0 Å². The minimum absolute atomic E-state index is 0.317. The van der Waals surface area contributed by atoms with Crippen molar-refractivity contribution < 1.29 is 5.11 Å². The van der Waals surface area contributed by atoms with E-state index in [0.29, 0.717) is 0 Å². The van der Waals surface area contributed by atoms with Gasteiger partial charge in [0.25, 0.3) is 0 Å². The minimum atomic E-state index is -0.613. The summed E-state index contributed by atoms with van der Waals surface area (Å²) in [4.78, 5) is 9.18. The van der Waals surface area contributed by atoms with Gasteiger partial charge in [-0.25, -0.2) is 4.98 Å². The van der Waals surface area contributed by atoms with Gasteiger partial charge in [0.15, 0.2) is 0 Å². The zero-order chi connectivity index (χ0) is 15.2. The van der Waals surface area contributed by atoms with Crippen molar-refractivity contribution in [3.63, 3.8) is 0 Å². The minimum Gasteiger partial charge on any atom is -0.386 e. The third-order valence-corrected chi connectivity index (χ3v) is 4.97. The summed E-state index contributed by atoms with van der Waals surface area (Å²) in [5.41, 5.74) is 2.51. The topological polar surface area (TPSA) is 50.9 Å². The smallest absolute Gasteiger partial charge is 0.118 e. The molecule has 1 N–H and O–H groups in total. The van der Waals surface area contributed by atoms with Crippen LogP contribution in [0.1, 0.15) is 36.9 Å². The van der Waals surface area contributed by atoms with Crippen LogP contribution in [0.25, 0.3) is 11.0 Å². The first-order valence-corrected chi connectivity index (χ1v) is 7.73. The summed E-state index contributed by atoms with van der Waals surface area (Å²) >= 11 is 0. The number of aliphatic hydroxyl groups is 1. The Morgan fingerprint density at radius 1 is 1.14 bits per heavy atom. The molecule has 112 valence electrons. The van der Waals surface area contributed by atoms with Crippen LogP contribution in [-0.2, 0) is 12.5 Å². The fraction of sp³-hybridized carbons (Fsp3) is 0.333. The lowest BCUT2D eigenvalue weighted by Gasteiger charge is -2.44.